The molecule has 3 aromatic heterocycles. The lowest BCUT2D eigenvalue weighted by molar-refractivity contribution is 0.0985. The highest BCUT2D eigenvalue weighted by Crippen LogP contribution is 2.37. The molecule has 7 aromatic rings. The largest absolute Gasteiger partial charge is 0.494 e. The minimum atomic E-state index is -0.0234. The van der Waals surface area contributed by atoms with Gasteiger partial charge in [0.15, 0.2) is 11.6 Å². The number of ether oxygens (including phenoxy) is 2. The zero-order valence-electron chi connectivity index (χ0n) is 51.4. The van der Waals surface area contributed by atoms with E-state index in [0.29, 0.717) is 44.7 Å². The third kappa shape index (κ3) is 15.9. The molecule has 0 unspecified atom stereocenters. The van der Waals surface area contributed by atoms with Crippen molar-refractivity contribution in [1.29, 1.82) is 0 Å². The highest BCUT2D eigenvalue weighted by atomic mass is 16.5. The SMILES string of the molecule is CCCCCCCCCCOc1cccc(-c2c3nc(c(CC(=O)c4cccc([N+](C)(C)C)c4)c4nc(c(-c5cccc(OCCCCCCCCCC)c5)c5ccc([nH]5)c(CC(=O)c5cccc([N+](C)(C)C)c5)c5ccc2[nH]5)C=C4)C=C3)c1. The number of benzene rings is 4. The highest BCUT2D eigenvalue weighted by Gasteiger charge is 2.24. The molecule has 0 atom stereocenters. The van der Waals surface area contributed by atoms with Crippen LogP contribution >= 0.6 is 0 Å². The van der Waals surface area contributed by atoms with Gasteiger partial charge in [0.05, 0.1) is 78.3 Å². The van der Waals surface area contributed by atoms with Gasteiger partial charge in [-0.05, 0) is 109 Å². The van der Waals surface area contributed by atoms with E-state index in [4.69, 9.17) is 19.4 Å². The predicted molar refractivity (Wildman–Crippen MR) is 354 cm³/mol. The van der Waals surface area contributed by atoms with Crippen LogP contribution in [0.25, 0.3) is 68.6 Å². The van der Waals surface area contributed by atoms with Crippen LogP contribution in [0.15, 0.2) is 121 Å². The van der Waals surface area contributed by atoms with Gasteiger partial charge in [0.1, 0.15) is 22.9 Å². The summed E-state index contributed by atoms with van der Waals surface area (Å²) in [5, 5.41) is 0. The number of fused-ring (bicyclic) bond motifs is 8. The fourth-order valence-electron chi connectivity index (χ4n) is 11.4. The molecule has 0 spiro atoms. The van der Waals surface area contributed by atoms with Gasteiger partial charge in [0, 0.05) is 80.4 Å². The van der Waals surface area contributed by atoms with E-state index in [0.717, 1.165) is 115 Å². The first kappa shape index (κ1) is 60.9. The number of H-pyrrole nitrogens is 2. The van der Waals surface area contributed by atoms with Crippen molar-refractivity contribution in [2.75, 3.05) is 55.5 Å². The van der Waals surface area contributed by atoms with E-state index >= 15 is 0 Å². The molecule has 4 aromatic carbocycles. The fourth-order valence-corrected chi connectivity index (χ4v) is 11.4. The smallest absolute Gasteiger partial charge is 0.167 e. The van der Waals surface area contributed by atoms with Crippen molar-refractivity contribution >= 4 is 69.3 Å². The Balaban J connectivity index is 1.21. The summed E-state index contributed by atoms with van der Waals surface area (Å²) < 4.78 is 14.1. The van der Waals surface area contributed by atoms with Crippen molar-refractivity contribution in [2.45, 2.75) is 129 Å². The van der Waals surface area contributed by atoms with Gasteiger partial charge in [-0.25, -0.2) is 9.97 Å². The number of hydrogen-bond acceptors (Lipinski definition) is 6. The van der Waals surface area contributed by atoms with Crippen molar-refractivity contribution in [3.63, 3.8) is 0 Å². The van der Waals surface area contributed by atoms with Crippen LogP contribution in [0.5, 0.6) is 11.5 Å². The third-order valence-electron chi connectivity index (χ3n) is 16.3. The van der Waals surface area contributed by atoms with E-state index < -0.39 is 0 Å². The molecule has 0 aliphatic carbocycles. The van der Waals surface area contributed by atoms with Crippen LogP contribution in [0.3, 0.4) is 0 Å². The lowest BCUT2D eigenvalue weighted by Gasteiger charge is -2.23. The third-order valence-corrected chi connectivity index (χ3v) is 16.3. The summed E-state index contributed by atoms with van der Waals surface area (Å²) in [6.07, 6.45) is 28.0. The average molecular weight is 1130 g/mol. The average Bonchev–Trinajstić information content (AvgIpc) is 2.70. The Morgan fingerprint density at radius 3 is 1.19 bits per heavy atom. The molecule has 84 heavy (non-hydrogen) atoms. The highest BCUT2D eigenvalue weighted by molar-refractivity contribution is 6.02. The summed E-state index contributed by atoms with van der Waals surface area (Å²) in [6, 6.07) is 40.8. The van der Waals surface area contributed by atoms with E-state index in [1.807, 2.05) is 85.0 Å². The molecule has 0 amide bonds. The number of nitrogens with one attached hydrogen (secondary N) is 2. The second-order valence-electron chi connectivity index (χ2n) is 24.7. The van der Waals surface area contributed by atoms with Crippen molar-refractivity contribution in [3.8, 4) is 33.8 Å². The fraction of sp³-hybridized carbons (Fsp3) is 0.378. The zero-order chi connectivity index (χ0) is 59.1. The second-order valence-corrected chi connectivity index (χ2v) is 24.7. The maximum atomic E-state index is 14.8. The van der Waals surface area contributed by atoms with Gasteiger partial charge < -0.3 is 19.4 Å². The molecule has 0 saturated carbocycles. The standard InChI is InChI=1S/C74H90N6O4/c1-9-11-13-15-17-19-21-23-45-83-59-35-27-31-55(49-59)73-67-41-37-63(75-67)61(51-71(81)53-29-25-33-57(47-53)79(3,4)5)65-39-43-69(77-65)74(56-32-28-36-60(50-56)84-46-24-22-20-18-16-14-12-10-2)70-44-40-66(78-70)62(64-38-42-68(73)76-64)52-72(82)54-30-26-34-58(48-54)80(6,7)8/h25-44,47-50,75,77H,9-24,45-46,51-52H2,1-8H3/q+2. The Hall–Kier alpha value is -7.66. The van der Waals surface area contributed by atoms with Gasteiger partial charge in [-0.3, -0.25) is 18.6 Å². The van der Waals surface area contributed by atoms with Gasteiger partial charge in [0.25, 0.3) is 0 Å². The molecule has 2 aliphatic heterocycles. The van der Waals surface area contributed by atoms with E-state index in [1.54, 1.807) is 0 Å². The molecule has 5 heterocycles. The minimum absolute atomic E-state index is 0.00425. The maximum Gasteiger partial charge on any atom is 0.167 e. The van der Waals surface area contributed by atoms with E-state index in [-0.39, 0.29) is 24.4 Å². The Labute approximate surface area is 499 Å². The summed E-state index contributed by atoms with van der Waals surface area (Å²) >= 11 is 0. The van der Waals surface area contributed by atoms with Gasteiger partial charge >= 0.3 is 0 Å². The van der Waals surface area contributed by atoms with Crippen LogP contribution in [0.2, 0.25) is 0 Å². The Morgan fingerprint density at radius 1 is 0.405 bits per heavy atom. The number of quaternary nitrogens is 2. The zero-order valence-corrected chi connectivity index (χ0v) is 51.4. The minimum Gasteiger partial charge on any atom is -0.494 e. The van der Waals surface area contributed by atoms with Crippen LogP contribution in [0, 0.1) is 0 Å². The number of hydrogen-bond donors (Lipinski definition) is 2. The van der Waals surface area contributed by atoms with Crippen LogP contribution in [0.1, 0.15) is 171 Å². The molecule has 0 radical (unpaired) electrons. The van der Waals surface area contributed by atoms with Gasteiger partial charge in [0.2, 0.25) is 0 Å². The summed E-state index contributed by atoms with van der Waals surface area (Å²) in [4.78, 5) is 48.2. The van der Waals surface area contributed by atoms with Crippen molar-refractivity contribution in [3.05, 3.63) is 166 Å². The van der Waals surface area contributed by atoms with Crippen LogP contribution in [0.4, 0.5) is 11.4 Å². The molecule has 0 saturated heterocycles. The summed E-state index contributed by atoms with van der Waals surface area (Å²) in [5.74, 6) is 1.56. The number of carbonyl (C=O) groups excluding carboxylic acids is 2. The van der Waals surface area contributed by atoms with Crippen molar-refractivity contribution < 1.29 is 19.1 Å². The number of rotatable bonds is 30. The number of unbranched alkanes of at least 4 members (excludes halogenated alkanes) is 14. The Bertz CT molecular complexity index is 3480. The Kier molecular flexibility index (Phi) is 20.9. The topological polar surface area (TPSA) is 110 Å². The van der Waals surface area contributed by atoms with Crippen LogP contribution < -0.4 is 18.4 Å². The first-order valence-electron chi connectivity index (χ1n) is 31.2. The van der Waals surface area contributed by atoms with E-state index in [2.05, 4.69) is 127 Å². The molecule has 2 aliphatic rings. The van der Waals surface area contributed by atoms with Crippen molar-refractivity contribution in [2.24, 2.45) is 0 Å². The van der Waals surface area contributed by atoms with E-state index in [9.17, 15) is 9.59 Å². The molecular formula is C74H90N6O4+2. The van der Waals surface area contributed by atoms with Gasteiger partial charge in [-0.2, -0.15) is 0 Å². The van der Waals surface area contributed by atoms with Crippen molar-refractivity contribution in [1.82, 2.24) is 28.9 Å². The normalized spacial score (nSPS) is 12.3. The maximum absolute atomic E-state index is 14.8. The summed E-state index contributed by atoms with van der Waals surface area (Å²) in [7, 11) is 12.7. The molecule has 10 heteroatoms. The lowest BCUT2D eigenvalue weighted by Crippen LogP contribution is -2.34. The number of aromatic amines is 2. The number of nitrogens with zero attached hydrogens (tertiary/aromatic N) is 4. The molecule has 438 valence electrons. The van der Waals surface area contributed by atoms with Crippen LogP contribution in [-0.4, -0.2) is 87.0 Å². The molecule has 9 rings (SSSR count). The van der Waals surface area contributed by atoms with Gasteiger partial charge in [-0.1, -0.05) is 152 Å². The quantitative estimate of drug-likeness (QED) is 0.0264. The number of aromatic nitrogens is 4. The summed E-state index contributed by atoms with van der Waals surface area (Å²) in [6.45, 7) is 5.79. The molecule has 2 N–H and O–H groups in total. The Morgan fingerprint density at radius 2 is 0.774 bits per heavy atom. The molecule has 0 fully saturated rings. The second kappa shape index (κ2) is 28.8. The van der Waals surface area contributed by atoms with Crippen LogP contribution in [-0.2, 0) is 12.8 Å². The monoisotopic (exact) mass is 1130 g/mol. The number of ketones is 2. The first-order chi connectivity index (χ1) is 40.7. The number of carbonyl (C=O) groups is 2. The van der Waals surface area contributed by atoms with E-state index in [1.165, 1.54) is 77.0 Å². The van der Waals surface area contributed by atoms with Gasteiger partial charge in [-0.15, -0.1) is 0 Å². The predicted octanol–water partition coefficient (Wildman–Crippen LogP) is 18.3. The lowest BCUT2D eigenvalue weighted by atomic mass is 10.00. The first-order valence-corrected chi connectivity index (χ1v) is 31.2. The summed E-state index contributed by atoms with van der Waals surface area (Å²) in [5.41, 5.74) is 14.5. The molecule has 8 bridgehead atoms. The molecule has 10 nitrogen and oxygen atoms in total. The number of Topliss-reactive ketones (excluding diaryl/α,β-unsaturated/α-hetero) is 2. The molecular weight excluding hydrogens is 1040 g/mol.